The lowest BCUT2D eigenvalue weighted by Crippen LogP contribution is -2.56. The van der Waals surface area contributed by atoms with Crippen molar-refractivity contribution < 1.29 is 9.84 Å². The van der Waals surface area contributed by atoms with Gasteiger partial charge >= 0.3 is 0 Å². The Hall–Kier alpha value is -0.0800. The SMILES string of the molecule is CC(C)C1CC2CC(O2)C1O. The minimum Gasteiger partial charge on any atom is -0.390 e. The van der Waals surface area contributed by atoms with Gasteiger partial charge in [-0.15, -0.1) is 0 Å². The zero-order valence-electron chi connectivity index (χ0n) is 7.16. The van der Waals surface area contributed by atoms with Crippen molar-refractivity contribution in [3.8, 4) is 0 Å². The Bertz CT molecular complexity index is 150. The molecule has 64 valence electrons. The Labute approximate surface area is 67.6 Å². The maximum Gasteiger partial charge on any atom is 0.0865 e. The predicted octanol–water partition coefficient (Wildman–Crippen LogP) is 1.18. The van der Waals surface area contributed by atoms with Crippen LogP contribution in [0.25, 0.3) is 0 Å². The fourth-order valence-electron chi connectivity index (χ4n) is 2.25. The molecule has 3 aliphatic rings. The van der Waals surface area contributed by atoms with E-state index in [1.165, 1.54) is 0 Å². The van der Waals surface area contributed by atoms with Gasteiger partial charge in [-0.3, -0.25) is 0 Å². The van der Waals surface area contributed by atoms with Gasteiger partial charge in [0.15, 0.2) is 0 Å². The first-order chi connectivity index (χ1) is 5.18. The van der Waals surface area contributed by atoms with Crippen LogP contribution in [0.2, 0.25) is 0 Å². The number of aliphatic hydroxyl groups excluding tert-OH is 1. The van der Waals surface area contributed by atoms with E-state index < -0.39 is 0 Å². The number of hydrogen-bond acceptors (Lipinski definition) is 2. The van der Waals surface area contributed by atoms with Crippen molar-refractivity contribution in [2.24, 2.45) is 11.8 Å². The molecular formula is C9H16O2. The Morgan fingerprint density at radius 1 is 1.36 bits per heavy atom. The molecule has 2 bridgehead atoms. The van der Waals surface area contributed by atoms with Crippen LogP contribution >= 0.6 is 0 Å². The first-order valence-corrected chi connectivity index (χ1v) is 4.52. The minimum absolute atomic E-state index is 0.168. The highest BCUT2D eigenvalue weighted by Gasteiger charge is 2.46. The summed E-state index contributed by atoms with van der Waals surface area (Å²) >= 11 is 0. The minimum atomic E-state index is -0.194. The number of aliphatic hydroxyl groups is 1. The Kier molecular flexibility index (Phi) is 1.69. The molecule has 11 heavy (non-hydrogen) atoms. The number of ether oxygens (including phenoxy) is 1. The first-order valence-electron chi connectivity index (χ1n) is 4.52. The van der Waals surface area contributed by atoms with Gasteiger partial charge in [0, 0.05) is 6.42 Å². The largest absolute Gasteiger partial charge is 0.390 e. The molecule has 2 nitrogen and oxygen atoms in total. The molecule has 0 aromatic rings. The molecule has 4 atom stereocenters. The molecule has 1 saturated carbocycles. The lowest BCUT2D eigenvalue weighted by Gasteiger charge is -2.49. The van der Waals surface area contributed by atoms with E-state index in [0.29, 0.717) is 17.9 Å². The second-order valence-electron chi connectivity index (χ2n) is 4.17. The normalized spacial score (nSPS) is 49.1. The molecule has 2 saturated heterocycles. The van der Waals surface area contributed by atoms with E-state index in [2.05, 4.69) is 13.8 Å². The molecule has 0 radical (unpaired) electrons. The first kappa shape index (κ1) is 7.56. The van der Waals surface area contributed by atoms with E-state index >= 15 is 0 Å². The van der Waals surface area contributed by atoms with Crippen LogP contribution in [0, 0.1) is 11.8 Å². The molecule has 2 heterocycles. The molecule has 3 rings (SSSR count). The molecule has 0 aromatic heterocycles. The summed E-state index contributed by atoms with van der Waals surface area (Å²) in [4.78, 5) is 0. The Morgan fingerprint density at radius 2 is 2.00 bits per heavy atom. The predicted molar refractivity (Wildman–Crippen MR) is 42.2 cm³/mol. The quantitative estimate of drug-likeness (QED) is 0.617. The Balaban J connectivity index is 2.01. The van der Waals surface area contributed by atoms with Crippen LogP contribution in [0.3, 0.4) is 0 Å². The van der Waals surface area contributed by atoms with Gasteiger partial charge in [-0.25, -0.2) is 0 Å². The second-order valence-corrected chi connectivity index (χ2v) is 4.17. The van der Waals surface area contributed by atoms with Crippen molar-refractivity contribution in [3.63, 3.8) is 0 Å². The summed E-state index contributed by atoms with van der Waals surface area (Å²) in [5, 5.41) is 9.72. The van der Waals surface area contributed by atoms with Gasteiger partial charge in [-0.2, -0.15) is 0 Å². The molecule has 2 heteroatoms. The van der Waals surface area contributed by atoms with Crippen molar-refractivity contribution in [3.05, 3.63) is 0 Å². The third-order valence-electron chi connectivity index (χ3n) is 3.07. The van der Waals surface area contributed by atoms with Gasteiger partial charge < -0.3 is 9.84 Å². The fourth-order valence-corrected chi connectivity index (χ4v) is 2.25. The third-order valence-corrected chi connectivity index (χ3v) is 3.07. The third kappa shape index (κ3) is 1.09. The van der Waals surface area contributed by atoms with Gasteiger partial charge in [0.05, 0.1) is 18.3 Å². The molecule has 2 aliphatic heterocycles. The van der Waals surface area contributed by atoms with Crippen LogP contribution in [0.1, 0.15) is 26.7 Å². The van der Waals surface area contributed by atoms with Gasteiger partial charge in [0.1, 0.15) is 0 Å². The molecule has 0 aromatic carbocycles. The highest BCUT2D eigenvalue weighted by Crippen LogP contribution is 2.41. The number of fused-ring (bicyclic) bond motifs is 2. The van der Waals surface area contributed by atoms with E-state index in [4.69, 9.17) is 4.74 Å². The van der Waals surface area contributed by atoms with E-state index in [9.17, 15) is 5.11 Å². The molecule has 1 aliphatic carbocycles. The highest BCUT2D eigenvalue weighted by molar-refractivity contribution is 4.95. The lowest BCUT2D eigenvalue weighted by atomic mass is 9.73. The van der Waals surface area contributed by atoms with Gasteiger partial charge in [0.2, 0.25) is 0 Å². The van der Waals surface area contributed by atoms with Crippen LogP contribution in [0.4, 0.5) is 0 Å². The summed E-state index contributed by atoms with van der Waals surface area (Å²) in [6.45, 7) is 4.36. The summed E-state index contributed by atoms with van der Waals surface area (Å²) < 4.78 is 5.42. The highest BCUT2D eigenvalue weighted by atomic mass is 16.5. The summed E-state index contributed by atoms with van der Waals surface area (Å²) in [7, 11) is 0. The molecule has 0 amide bonds. The van der Waals surface area contributed by atoms with Gasteiger partial charge in [-0.05, 0) is 18.3 Å². The molecule has 4 unspecified atom stereocenters. The van der Waals surface area contributed by atoms with Crippen molar-refractivity contribution >= 4 is 0 Å². The molecular weight excluding hydrogens is 140 g/mol. The van der Waals surface area contributed by atoms with Crippen LogP contribution in [0.15, 0.2) is 0 Å². The molecule has 1 N–H and O–H groups in total. The standard InChI is InChI=1S/C9H16O2/c1-5(2)7-3-6-4-8(11-6)9(7)10/h5-10H,3-4H2,1-2H3. The zero-order chi connectivity index (χ0) is 8.01. The number of hydrogen-bond donors (Lipinski definition) is 1. The zero-order valence-corrected chi connectivity index (χ0v) is 7.16. The van der Waals surface area contributed by atoms with E-state index in [1.807, 2.05) is 0 Å². The van der Waals surface area contributed by atoms with Crippen molar-refractivity contribution in [1.82, 2.24) is 0 Å². The van der Waals surface area contributed by atoms with Gasteiger partial charge in [-0.1, -0.05) is 13.8 Å². The van der Waals surface area contributed by atoms with E-state index in [0.717, 1.165) is 12.8 Å². The number of rotatable bonds is 1. The average molecular weight is 156 g/mol. The van der Waals surface area contributed by atoms with E-state index in [1.54, 1.807) is 0 Å². The summed E-state index contributed by atoms with van der Waals surface area (Å²) in [5.41, 5.74) is 0. The molecule has 0 spiro atoms. The van der Waals surface area contributed by atoms with Crippen LogP contribution in [-0.4, -0.2) is 23.4 Å². The van der Waals surface area contributed by atoms with Crippen molar-refractivity contribution in [2.75, 3.05) is 0 Å². The van der Waals surface area contributed by atoms with Crippen LogP contribution in [0.5, 0.6) is 0 Å². The summed E-state index contributed by atoms with van der Waals surface area (Å²) in [6.07, 6.45) is 2.59. The second kappa shape index (κ2) is 2.46. The summed E-state index contributed by atoms with van der Waals surface area (Å²) in [6, 6.07) is 0. The Morgan fingerprint density at radius 3 is 2.36 bits per heavy atom. The maximum absolute atomic E-state index is 9.72. The smallest absolute Gasteiger partial charge is 0.0865 e. The lowest BCUT2D eigenvalue weighted by molar-refractivity contribution is -0.234. The maximum atomic E-state index is 9.72. The van der Waals surface area contributed by atoms with Crippen molar-refractivity contribution in [2.45, 2.75) is 45.0 Å². The topological polar surface area (TPSA) is 29.5 Å². The average Bonchev–Trinajstić information content (AvgIpc) is 1.84. The summed E-state index contributed by atoms with van der Waals surface area (Å²) in [5.74, 6) is 1.08. The van der Waals surface area contributed by atoms with Crippen LogP contribution in [-0.2, 0) is 4.74 Å². The van der Waals surface area contributed by atoms with Crippen LogP contribution < -0.4 is 0 Å². The van der Waals surface area contributed by atoms with E-state index in [-0.39, 0.29) is 12.2 Å². The van der Waals surface area contributed by atoms with Crippen molar-refractivity contribution in [1.29, 1.82) is 0 Å². The fraction of sp³-hybridized carbons (Fsp3) is 1.00. The van der Waals surface area contributed by atoms with Gasteiger partial charge in [0.25, 0.3) is 0 Å². The molecule has 3 fully saturated rings. The monoisotopic (exact) mass is 156 g/mol.